The molecule has 0 fully saturated rings. The van der Waals surface area contributed by atoms with E-state index in [0.29, 0.717) is 12.8 Å². The van der Waals surface area contributed by atoms with Gasteiger partial charge in [0.2, 0.25) is 5.91 Å². The van der Waals surface area contributed by atoms with Crippen LogP contribution in [0.2, 0.25) is 0 Å². The molecule has 5 N–H and O–H groups in total. The third-order valence-corrected chi connectivity index (χ3v) is 15.1. The molecule has 0 spiro atoms. The zero-order valence-electron chi connectivity index (χ0n) is 47.3. The predicted molar refractivity (Wildman–Crippen MR) is 307 cm³/mol. The van der Waals surface area contributed by atoms with Crippen LogP contribution in [0.25, 0.3) is 0 Å². The molecular formula is C64H125NO5. The lowest BCUT2D eigenvalue weighted by atomic mass is 10.00. The van der Waals surface area contributed by atoms with E-state index in [9.17, 15) is 25.2 Å². The van der Waals surface area contributed by atoms with E-state index >= 15 is 0 Å². The number of carbonyl (C=O) groups is 1. The molecule has 416 valence electrons. The number of carbonyl (C=O) groups excluding carboxylic acids is 1. The van der Waals surface area contributed by atoms with Gasteiger partial charge in [0.15, 0.2) is 0 Å². The number of allylic oxidation sites excluding steroid dienone is 4. The van der Waals surface area contributed by atoms with Gasteiger partial charge in [0, 0.05) is 0 Å². The van der Waals surface area contributed by atoms with Crippen LogP contribution >= 0.6 is 0 Å². The summed E-state index contributed by atoms with van der Waals surface area (Å²) in [6.45, 7) is 4.09. The fourth-order valence-corrected chi connectivity index (χ4v) is 10.2. The Bertz CT molecular complexity index is 1060. The molecule has 0 aliphatic carbocycles. The van der Waals surface area contributed by atoms with E-state index in [1.807, 2.05) is 0 Å². The number of hydrogen-bond donors (Lipinski definition) is 5. The summed E-state index contributed by atoms with van der Waals surface area (Å²) in [5, 5.41) is 44.1. The van der Waals surface area contributed by atoms with E-state index in [1.54, 1.807) is 0 Å². The Morgan fingerprint density at radius 3 is 0.857 bits per heavy atom. The molecule has 0 aliphatic heterocycles. The standard InChI is InChI=1S/C64H125NO5/c1-3-5-7-9-11-13-15-17-19-21-23-25-27-29-30-31-32-33-34-36-38-40-42-44-46-48-50-52-54-56-58-62(68)64(70)65-60(59-66)63(69)61(67)57-55-53-51-49-47-45-43-41-39-37-35-28-26-24-22-20-18-16-14-12-10-8-6-4-2/h29-30,49,51,60-63,66-69H,3-28,31-48,50,52-59H2,1-2H3,(H,65,70)/b30-29-,51-49+. The molecule has 0 rings (SSSR count). The number of hydrogen-bond acceptors (Lipinski definition) is 5. The van der Waals surface area contributed by atoms with E-state index in [1.165, 1.54) is 283 Å². The topological polar surface area (TPSA) is 110 Å². The maximum atomic E-state index is 12.6. The van der Waals surface area contributed by atoms with Gasteiger partial charge >= 0.3 is 0 Å². The minimum Gasteiger partial charge on any atom is -0.394 e. The van der Waals surface area contributed by atoms with E-state index in [4.69, 9.17) is 0 Å². The van der Waals surface area contributed by atoms with Crippen molar-refractivity contribution in [2.45, 2.75) is 372 Å². The van der Waals surface area contributed by atoms with Crippen LogP contribution in [0, 0.1) is 0 Å². The Morgan fingerprint density at radius 2 is 0.586 bits per heavy atom. The number of rotatable bonds is 59. The van der Waals surface area contributed by atoms with Crippen molar-refractivity contribution in [2.75, 3.05) is 6.61 Å². The van der Waals surface area contributed by atoms with Gasteiger partial charge in [-0.15, -0.1) is 0 Å². The molecule has 0 radical (unpaired) electrons. The largest absolute Gasteiger partial charge is 0.394 e. The summed E-state index contributed by atoms with van der Waals surface area (Å²) in [5.41, 5.74) is 0. The summed E-state index contributed by atoms with van der Waals surface area (Å²) >= 11 is 0. The molecule has 6 nitrogen and oxygen atoms in total. The van der Waals surface area contributed by atoms with Crippen molar-refractivity contribution < 1.29 is 25.2 Å². The van der Waals surface area contributed by atoms with Gasteiger partial charge in [-0.2, -0.15) is 0 Å². The first-order valence-electron chi connectivity index (χ1n) is 31.7. The van der Waals surface area contributed by atoms with Crippen molar-refractivity contribution in [3.8, 4) is 0 Å². The average molecular weight is 989 g/mol. The minimum absolute atomic E-state index is 0.366. The smallest absolute Gasteiger partial charge is 0.249 e. The fraction of sp³-hybridized carbons (Fsp3) is 0.922. The Kier molecular flexibility index (Phi) is 57.7. The van der Waals surface area contributed by atoms with Crippen LogP contribution in [0.4, 0.5) is 0 Å². The van der Waals surface area contributed by atoms with Crippen molar-refractivity contribution in [3.63, 3.8) is 0 Å². The monoisotopic (exact) mass is 988 g/mol. The SMILES string of the molecule is CCCCCCCCCCCCCC/C=C\CCCCCCCCCCCCCCCCC(O)C(=O)NC(CO)C(O)C(O)CCC/C=C/CCCCCCCCCCCCCCCCCCCCC. The maximum Gasteiger partial charge on any atom is 0.249 e. The van der Waals surface area contributed by atoms with Gasteiger partial charge in [-0.3, -0.25) is 4.79 Å². The Hall–Kier alpha value is -1.21. The number of unbranched alkanes of at least 4 members (excludes halogenated alkanes) is 46. The van der Waals surface area contributed by atoms with E-state index < -0.39 is 36.9 Å². The number of amides is 1. The van der Waals surface area contributed by atoms with Crippen LogP contribution in [0.3, 0.4) is 0 Å². The first-order valence-corrected chi connectivity index (χ1v) is 31.7. The molecule has 1 amide bonds. The molecule has 0 saturated heterocycles. The van der Waals surface area contributed by atoms with Crippen LogP contribution in [-0.2, 0) is 4.79 Å². The van der Waals surface area contributed by atoms with Crippen molar-refractivity contribution >= 4 is 5.91 Å². The van der Waals surface area contributed by atoms with Crippen molar-refractivity contribution in [1.29, 1.82) is 0 Å². The lowest BCUT2D eigenvalue weighted by molar-refractivity contribution is -0.132. The molecule has 0 aliphatic rings. The second-order valence-corrected chi connectivity index (χ2v) is 22.1. The highest BCUT2D eigenvalue weighted by Crippen LogP contribution is 2.18. The number of nitrogens with one attached hydrogen (secondary N) is 1. The summed E-state index contributed by atoms with van der Waals surface area (Å²) in [5.74, 6) is -0.587. The van der Waals surface area contributed by atoms with Gasteiger partial charge in [0.1, 0.15) is 12.2 Å². The highest BCUT2D eigenvalue weighted by Gasteiger charge is 2.28. The first kappa shape index (κ1) is 68.8. The van der Waals surface area contributed by atoms with Gasteiger partial charge < -0.3 is 25.7 Å². The molecule has 0 aromatic carbocycles. The lowest BCUT2D eigenvalue weighted by Crippen LogP contribution is -2.53. The van der Waals surface area contributed by atoms with Crippen LogP contribution in [0.15, 0.2) is 24.3 Å². The van der Waals surface area contributed by atoms with Crippen molar-refractivity contribution in [1.82, 2.24) is 5.32 Å². The van der Waals surface area contributed by atoms with Gasteiger partial charge in [-0.25, -0.2) is 0 Å². The molecule has 0 heterocycles. The molecule has 0 aromatic heterocycles. The van der Waals surface area contributed by atoms with E-state index in [0.717, 1.165) is 38.5 Å². The van der Waals surface area contributed by atoms with Gasteiger partial charge in [0.25, 0.3) is 0 Å². The summed E-state index contributed by atoms with van der Waals surface area (Å²) in [4.78, 5) is 12.6. The fourth-order valence-electron chi connectivity index (χ4n) is 10.2. The predicted octanol–water partition coefficient (Wildman–Crippen LogP) is 19.0. The Balaban J connectivity index is 3.59. The zero-order valence-corrected chi connectivity index (χ0v) is 47.3. The van der Waals surface area contributed by atoms with Gasteiger partial charge in [-0.05, 0) is 64.2 Å². The van der Waals surface area contributed by atoms with Crippen molar-refractivity contribution in [3.05, 3.63) is 24.3 Å². The normalized spacial score (nSPS) is 13.7. The Morgan fingerprint density at radius 1 is 0.343 bits per heavy atom. The molecule has 0 aromatic rings. The third kappa shape index (κ3) is 51.7. The number of aliphatic hydroxyl groups excluding tert-OH is 4. The molecule has 0 bridgehead atoms. The maximum absolute atomic E-state index is 12.6. The lowest BCUT2D eigenvalue weighted by Gasteiger charge is -2.27. The minimum atomic E-state index is -1.28. The quantitative estimate of drug-likeness (QED) is 0.0308. The van der Waals surface area contributed by atoms with Gasteiger partial charge in [0.05, 0.1) is 18.8 Å². The molecule has 4 unspecified atom stereocenters. The Labute approximate surface area is 437 Å². The second kappa shape index (κ2) is 58.7. The summed E-state index contributed by atoms with van der Waals surface area (Å²) in [7, 11) is 0. The molecule has 0 saturated carbocycles. The highest BCUT2D eigenvalue weighted by atomic mass is 16.3. The number of aliphatic hydroxyl groups is 4. The summed E-state index contributed by atoms with van der Waals surface area (Å²) in [6, 6.07) is -1.00. The summed E-state index contributed by atoms with van der Waals surface area (Å²) in [6.07, 6.45) is 72.8. The third-order valence-electron chi connectivity index (χ3n) is 15.1. The van der Waals surface area contributed by atoms with Crippen LogP contribution in [0.5, 0.6) is 0 Å². The average Bonchev–Trinajstić information content (AvgIpc) is 3.36. The van der Waals surface area contributed by atoms with Crippen molar-refractivity contribution in [2.24, 2.45) is 0 Å². The molecular weight excluding hydrogens is 863 g/mol. The van der Waals surface area contributed by atoms with Crippen LogP contribution in [0.1, 0.15) is 348 Å². The van der Waals surface area contributed by atoms with E-state index in [-0.39, 0.29) is 0 Å². The van der Waals surface area contributed by atoms with Crippen LogP contribution < -0.4 is 5.32 Å². The second-order valence-electron chi connectivity index (χ2n) is 22.1. The molecule has 70 heavy (non-hydrogen) atoms. The van der Waals surface area contributed by atoms with Crippen LogP contribution in [-0.4, -0.2) is 57.3 Å². The molecule has 6 heteroatoms. The summed E-state index contributed by atoms with van der Waals surface area (Å²) < 4.78 is 0. The van der Waals surface area contributed by atoms with Gasteiger partial charge in [-0.1, -0.05) is 308 Å². The van der Waals surface area contributed by atoms with E-state index in [2.05, 4.69) is 43.5 Å². The highest BCUT2D eigenvalue weighted by molar-refractivity contribution is 5.80. The zero-order chi connectivity index (χ0) is 50.9. The first-order chi connectivity index (χ1) is 34.5. The molecule has 4 atom stereocenters.